The fourth-order valence-electron chi connectivity index (χ4n) is 3.39. The molecule has 0 aliphatic carbocycles. The number of rotatable bonds is 5. The molecule has 4 rings (SSSR count). The number of ether oxygens (including phenoxy) is 1. The van der Waals surface area contributed by atoms with Crippen LogP contribution in [-0.4, -0.2) is 27.0 Å². The van der Waals surface area contributed by atoms with Crippen LogP contribution in [0, 0.1) is 6.92 Å². The van der Waals surface area contributed by atoms with Crippen LogP contribution in [0.5, 0.6) is 5.75 Å². The number of hydrogen-bond acceptors (Lipinski definition) is 4. The molecule has 3 aromatic carbocycles. The molecule has 1 N–H and O–H groups in total. The number of carbonyl (C=O) groups is 1. The van der Waals surface area contributed by atoms with Crippen molar-refractivity contribution in [2.75, 3.05) is 10.8 Å². The first-order valence-electron chi connectivity index (χ1n) is 9.62. The number of anilines is 1. The summed E-state index contributed by atoms with van der Waals surface area (Å²) in [7, 11) is -3.84. The number of benzene rings is 3. The molecule has 0 fully saturated rings. The van der Waals surface area contributed by atoms with Gasteiger partial charge in [-0.2, -0.15) is 0 Å². The SMILES string of the molecule is Cc1ccccc1CNC(=O)C1CN(S(=O)(=O)c2ccccc2)c2ccccc2O1. The second-order valence-electron chi connectivity index (χ2n) is 7.07. The van der Waals surface area contributed by atoms with E-state index in [0.717, 1.165) is 11.1 Å². The van der Waals surface area contributed by atoms with Crippen molar-refractivity contribution in [2.45, 2.75) is 24.5 Å². The van der Waals surface area contributed by atoms with Crippen LogP contribution < -0.4 is 14.4 Å². The van der Waals surface area contributed by atoms with Crippen LogP contribution in [0.2, 0.25) is 0 Å². The Morgan fingerprint density at radius 1 is 1.00 bits per heavy atom. The number of aryl methyl sites for hydroxylation is 1. The van der Waals surface area contributed by atoms with E-state index in [0.29, 0.717) is 18.0 Å². The van der Waals surface area contributed by atoms with Gasteiger partial charge >= 0.3 is 0 Å². The molecule has 154 valence electrons. The van der Waals surface area contributed by atoms with Crippen molar-refractivity contribution in [3.05, 3.63) is 90.0 Å². The summed E-state index contributed by atoms with van der Waals surface area (Å²) in [6, 6.07) is 22.8. The van der Waals surface area contributed by atoms with Crippen LogP contribution in [0.1, 0.15) is 11.1 Å². The zero-order valence-electron chi connectivity index (χ0n) is 16.5. The smallest absolute Gasteiger partial charge is 0.264 e. The minimum absolute atomic E-state index is 0.103. The molecule has 1 amide bonds. The molecular formula is C23H22N2O4S. The number of nitrogens with one attached hydrogen (secondary N) is 1. The Balaban J connectivity index is 1.60. The van der Waals surface area contributed by atoms with Crippen LogP contribution >= 0.6 is 0 Å². The van der Waals surface area contributed by atoms with Crippen molar-refractivity contribution in [3.63, 3.8) is 0 Å². The first kappa shape index (κ1) is 20.0. The van der Waals surface area contributed by atoms with Crippen LogP contribution in [0.25, 0.3) is 0 Å². The highest BCUT2D eigenvalue weighted by Gasteiger charge is 2.37. The summed E-state index contributed by atoms with van der Waals surface area (Å²) in [6.07, 6.45) is -0.956. The Bertz CT molecular complexity index is 1160. The maximum atomic E-state index is 13.3. The summed E-state index contributed by atoms with van der Waals surface area (Å²) in [5.41, 5.74) is 2.49. The molecule has 0 radical (unpaired) electrons. The molecule has 0 spiro atoms. The lowest BCUT2D eigenvalue weighted by atomic mass is 10.1. The highest BCUT2D eigenvalue weighted by atomic mass is 32.2. The van der Waals surface area contributed by atoms with Crippen molar-refractivity contribution >= 4 is 21.6 Å². The molecule has 0 aromatic heterocycles. The molecule has 1 unspecified atom stereocenters. The zero-order valence-corrected chi connectivity index (χ0v) is 17.3. The van der Waals surface area contributed by atoms with Gasteiger partial charge in [0.05, 0.1) is 17.1 Å². The van der Waals surface area contributed by atoms with Crippen molar-refractivity contribution in [1.29, 1.82) is 0 Å². The quantitative estimate of drug-likeness (QED) is 0.685. The maximum Gasteiger partial charge on any atom is 0.264 e. The van der Waals surface area contributed by atoms with Gasteiger partial charge < -0.3 is 10.1 Å². The van der Waals surface area contributed by atoms with Crippen molar-refractivity contribution in [2.24, 2.45) is 0 Å². The molecule has 0 saturated carbocycles. The molecule has 1 aliphatic heterocycles. The van der Waals surface area contributed by atoms with E-state index in [1.54, 1.807) is 54.6 Å². The standard InChI is InChI=1S/C23H22N2O4S/c1-17-9-5-6-10-18(17)15-24-23(26)22-16-25(20-13-7-8-14-21(20)29-22)30(27,28)19-11-3-2-4-12-19/h2-14,22H,15-16H2,1H3,(H,24,26). The average Bonchev–Trinajstić information content (AvgIpc) is 2.78. The fraction of sp³-hybridized carbons (Fsp3) is 0.174. The monoisotopic (exact) mass is 422 g/mol. The summed E-state index contributed by atoms with van der Waals surface area (Å²) < 4.78 is 33.7. The average molecular weight is 423 g/mol. The number of fused-ring (bicyclic) bond motifs is 1. The topological polar surface area (TPSA) is 75.7 Å². The summed E-state index contributed by atoms with van der Waals surface area (Å²) in [5, 5.41) is 2.87. The van der Waals surface area contributed by atoms with Gasteiger partial charge in [-0.3, -0.25) is 9.10 Å². The summed E-state index contributed by atoms with van der Waals surface area (Å²) in [5.74, 6) is 0.000292. The third-order valence-corrected chi connectivity index (χ3v) is 6.87. The maximum absolute atomic E-state index is 13.3. The lowest BCUT2D eigenvalue weighted by molar-refractivity contribution is -0.127. The van der Waals surface area contributed by atoms with Crippen molar-refractivity contribution in [1.82, 2.24) is 5.32 Å². The Labute approximate surface area is 176 Å². The minimum Gasteiger partial charge on any atom is -0.476 e. The second-order valence-corrected chi connectivity index (χ2v) is 8.93. The number of nitrogens with zero attached hydrogens (tertiary/aromatic N) is 1. The van der Waals surface area contributed by atoms with E-state index in [4.69, 9.17) is 4.74 Å². The summed E-state index contributed by atoms with van der Waals surface area (Å²) >= 11 is 0. The molecule has 6 nitrogen and oxygen atoms in total. The lowest BCUT2D eigenvalue weighted by Crippen LogP contribution is -2.50. The molecule has 3 aromatic rings. The van der Waals surface area contributed by atoms with E-state index in [1.807, 2.05) is 31.2 Å². The van der Waals surface area contributed by atoms with Gasteiger partial charge in [-0.05, 0) is 42.3 Å². The minimum atomic E-state index is -3.84. The summed E-state index contributed by atoms with van der Waals surface area (Å²) in [4.78, 5) is 13.0. The number of amides is 1. The second kappa shape index (κ2) is 8.20. The molecule has 7 heteroatoms. The van der Waals surface area contributed by atoms with Crippen molar-refractivity contribution in [3.8, 4) is 5.75 Å². The van der Waals surface area contributed by atoms with E-state index in [9.17, 15) is 13.2 Å². The van der Waals surface area contributed by atoms with Crippen molar-refractivity contribution < 1.29 is 17.9 Å². The largest absolute Gasteiger partial charge is 0.476 e. The van der Waals surface area contributed by atoms with Crippen LogP contribution in [0.3, 0.4) is 0 Å². The fourth-order valence-corrected chi connectivity index (χ4v) is 4.89. The van der Waals surface area contributed by atoms with Gasteiger partial charge in [0.15, 0.2) is 6.10 Å². The Morgan fingerprint density at radius 3 is 2.43 bits per heavy atom. The van der Waals surface area contributed by atoms with Gasteiger partial charge in [-0.25, -0.2) is 8.42 Å². The Morgan fingerprint density at radius 2 is 1.67 bits per heavy atom. The Kier molecular flexibility index (Phi) is 5.46. The van der Waals surface area contributed by atoms with E-state index in [2.05, 4.69) is 5.32 Å². The molecule has 1 heterocycles. The molecule has 0 saturated heterocycles. The van der Waals surface area contributed by atoms with Gasteiger partial charge in [0, 0.05) is 6.54 Å². The molecule has 1 atom stereocenters. The molecular weight excluding hydrogens is 400 g/mol. The van der Waals surface area contributed by atoms with E-state index in [1.165, 1.54) is 4.31 Å². The van der Waals surface area contributed by atoms with E-state index < -0.39 is 16.1 Å². The van der Waals surface area contributed by atoms with Gasteiger partial charge in [-0.1, -0.05) is 54.6 Å². The van der Waals surface area contributed by atoms with Gasteiger partial charge in [0.25, 0.3) is 15.9 Å². The first-order valence-corrected chi connectivity index (χ1v) is 11.1. The number of carbonyl (C=O) groups excluding carboxylic acids is 1. The lowest BCUT2D eigenvalue weighted by Gasteiger charge is -2.34. The number of sulfonamides is 1. The molecule has 1 aliphatic rings. The molecule has 0 bridgehead atoms. The van der Waals surface area contributed by atoms with Crippen LogP contribution in [0.15, 0.2) is 83.8 Å². The van der Waals surface area contributed by atoms with Gasteiger partial charge in [0.2, 0.25) is 0 Å². The third-order valence-electron chi connectivity index (χ3n) is 5.07. The number of para-hydroxylation sites is 2. The Hall–Kier alpha value is -3.32. The summed E-state index contributed by atoms with van der Waals surface area (Å²) in [6.45, 7) is 2.22. The number of hydrogen-bond donors (Lipinski definition) is 1. The van der Waals surface area contributed by atoms with E-state index >= 15 is 0 Å². The zero-order chi connectivity index (χ0) is 21.1. The van der Waals surface area contributed by atoms with Gasteiger partial charge in [0.1, 0.15) is 5.75 Å². The highest BCUT2D eigenvalue weighted by Crippen LogP contribution is 2.36. The van der Waals surface area contributed by atoms with E-state index in [-0.39, 0.29) is 17.3 Å². The highest BCUT2D eigenvalue weighted by molar-refractivity contribution is 7.92. The van der Waals surface area contributed by atoms with Gasteiger partial charge in [-0.15, -0.1) is 0 Å². The first-order chi connectivity index (χ1) is 14.5. The predicted octanol–water partition coefficient (Wildman–Crippen LogP) is 3.27. The predicted molar refractivity (Wildman–Crippen MR) is 115 cm³/mol. The van der Waals surface area contributed by atoms with Crippen LogP contribution in [-0.2, 0) is 21.4 Å². The normalized spacial score (nSPS) is 15.8. The van der Waals surface area contributed by atoms with Crippen LogP contribution in [0.4, 0.5) is 5.69 Å². The third kappa shape index (κ3) is 3.89. The molecule has 30 heavy (non-hydrogen) atoms.